The monoisotopic (exact) mass is 536 g/mol. The van der Waals surface area contributed by atoms with Crippen molar-refractivity contribution in [2.75, 3.05) is 18.4 Å². The highest BCUT2D eigenvalue weighted by Crippen LogP contribution is 2.33. The first-order chi connectivity index (χ1) is 19.1. The molecule has 0 bridgehead atoms. The molecule has 212 valence electrons. The van der Waals surface area contributed by atoms with Crippen molar-refractivity contribution in [1.29, 1.82) is 0 Å². The molecule has 1 aromatic heterocycles. The average Bonchev–Trinajstić information content (AvgIpc) is 3.46. The predicted octanol–water partition coefficient (Wildman–Crippen LogP) is 8.10. The van der Waals surface area contributed by atoms with Gasteiger partial charge in [-0.05, 0) is 41.3 Å². The number of rotatable bonds is 4. The van der Waals surface area contributed by atoms with Crippen LogP contribution in [0.2, 0.25) is 0 Å². The molecular formula is C32H45FN4O2. The smallest absolute Gasteiger partial charge is 0.238 e. The molecule has 3 aromatic carbocycles. The standard InChI is InChI=1S/C24H21FN4O2.4C2H6/c25-17-5-1-4-16(11-17)24-23-21(26-14-27-23)9-10-29(24)13-22(31)28-20-6-2-3-15-7-8-18(30)12-19(15)20;4*1-2/h1-8,11-12,14,24,30H,9-10,13H2,(H,26,27)(H,28,31);4*1-2H3. The van der Waals surface area contributed by atoms with Crippen molar-refractivity contribution in [2.24, 2.45) is 0 Å². The van der Waals surface area contributed by atoms with Crippen molar-refractivity contribution in [2.45, 2.75) is 67.9 Å². The number of carbonyl (C=O) groups is 1. The van der Waals surface area contributed by atoms with Crippen LogP contribution in [0.15, 0.2) is 67.0 Å². The number of phenolic OH excluding ortho intramolecular Hbond substituents is 1. The molecule has 1 aliphatic heterocycles. The molecule has 5 rings (SSSR count). The fourth-order valence-electron chi connectivity index (χ4n) is 4.28. The minimum Gasteiger partial charge on any atom is -0.508 e. The van der Waals surface area contributed by atoms with Crippen LogP contribution in [-0.4, -0.2) is 39.0 Å². The molecule has 0 spiro atoms. The highest BCUT2D eigenvalue weighted by molar-refractivity contribution is 6.03. The number of aromatic hydroxyl groups is 1. The van der Waals surface area contributed by atoms with Crippen molar-refractivity contribution in [3.05, 3.63) is 89.8 Å². The number of carbonyl (C=O) groups excluding carboxylic acids is 1. The summed E-state index contributed by atoms with van der Waals surface area (Å²) < 4.78 is 13.9. The van der Waals surface area contributed by atoms with Crippen molar-refractivity contribution >= 4 is 22.4 Å². The molecule has 6 nitrogen and oxygen atoms in total. The van der Waals surface area contributed by atoms with Gasteiger partial charge in [-0.15, -0.1) is 0 Å². The van der Waals surface area contributed by atoms with Gasteiger partial charge in [-0.3, -0.25) is 9.69 Å². The van der Waals surface area contributed by atoms with Crippen LogP contribution >= 0.6 is 0 Å². The van der Waals surface area contributed by atoms with Crippen LogP contribution in [0.4, 0.5) is 10.1 Å². The van der Waals surface area contributed by atoms with Crippen molar-refractivity contribution < 1.29 is 14.3 Å². The number of halogens is 1. The number of aromatic amines is 1. The minimum atomic E-state index is -0.319. The molecule has 3 N–H and O–H groups in total. The first-order valence-corrected chi connectivity index (χ1v) is 14.1. The lowest BCUT2D eigenvalue weighted by Crippen LogP contribution is -2.41. The van der Waals surface area contributed by atoms with Gasteiger partial charge in [0, 0.05) is 29.7 Å². The highest BCUT2D eigenvalue weighted by atomic mass is 19.1. The van der Waals surface area contributed by atoms with Crippen LogP contribution in [0, 0.1) is 5.82 Å². The molecule has 0 saturated heterocycles. The van der Waals surface area contributed by atoms with E-state index in [9.17, 15) is 14.3 Å². The molecule has 1 amide bonds. The number of imidazole rings is 1. The molecule has 2 heterocycles. The first-order valence-electron chi connectivity index (χ1n) is 14.1. The number of aromatic nitrogens is 2. The van der Waals surface area contributed by atoms with E-state index in [1.54, 1.807) is 24.5 Å². The average molecular weight is 537 g/mol. The Balaban J connectivity index is 0.000000874. The van der Waals surface area contributed by atoms with E-state index in [2.05, 4.69) is 15.3 Å². The third-order valence-electron chi connectivity index (χ3n) is 5.68. The minimum absolute atomic E-state index is 0.128. The van der Waals surface area contributed by atoms with Crippen LogP contribution in [-0.2, 0) is 11.2 Å². The van der Waals surface area contributed by atoms with Gasteiger partial charge in [-0.2, -0.15) is 0 Å². The third kappa shape index (κ3) is 8.65. The summed E-state index contributed by atoms with van der Waals surface area (Å²) in [6.07, 6.45) is 2.37. The normalized spacial score (nSPS) is 13.5. The SMILES string of the molecule is CC.CC.CC.CC.O=C(CN1CCc2[nH]cnc2C1c1cccc(F)c1)Nc1cccc2ccc(O)cc12. The van der Waals surface area contributed by atoms with Crippen LogP contribution in [0.1, 0.15) is 78.4 Å². The predicted molar refractivity (Wildman–Crippen MR) is 162 cm³/mol. The zero-order chi connectivity index (χ0) is 29.4. The molecule has 0 saturated carbocycles. The number of nitrogens with zero attached hydrogens (tertiary/aromatic N) is 2. The van der Waals surface area contributed by atoms with Crippen molar-refractivity contribution in [1.82, 2.24) is 14.9 Å². The van der Waals surface area contributed by atoms with Crippen molar-refractivity contribution in [3.63, 3.8) is 0 Å². The zero-order valence-corrected chi connectivity index (χ0v) is 24.7. The Kier molecular flexibility index (Phi) is 15.2. The van der Waals surface area contributed by atoms with Crippen LogP contribution in [0.25, 0.3) is 10.8 Å². The van der Waals surface area contributed by atoms with E-state index in [0.717, 1.165) is 34.1 Å². The molecule has 0 fully saturated rings. The Labute approximate surface area is 233 Å². The van der Waals surface area contributed by atoms with Crippen LogP contribution in [0.3, 0.4) is 0 Å². The van der Waals surface area contributed by atoms with E-state index in [4.69, 9.17) is 0 Å². The molecule has 7 heteroatoms. The van der Waals surface area contributed by atoms with E-state index in [-0.39, 0.29) is 30.1 Å². The summed E-state index contributed by atoms with van der Waals surface area (Å²) in [5, 5.41) is 14.5. The van der Waals surface area contributed by atoms with Crippen LogP contribution in [0.5, 0.6) is 5.75 Å². The second-order valence-electron chi connectivity index (χ2n) is 7.70. The largest absolute Gasteiger partial charge is 0.508 e. The Morgan fingerprint density at radius 1 is 1.00 bits per heavy atom. The Morgan fingerprint density at radius 2 is 1.69 bits per heavy atom. The summed E-state index contributed by atoms with van der Waals surface area (Å²) in [5.41, 5.74) is 3.23. The molecule has 4 aromatic rings. The van der Waals surface area contributed by atoms with Gasteiger partial charge in [0.1, 0.15) is 11.6 Å². The maximum absolute atomic E-state index is 13.9. The van der Waals surface area contributed by atoms with Gasteiger partial charge in [0.25, 0.3) is 0 Å². The Hall–Kier alpha value is -3.71. The Morgan fingerprint density at radius 3 is 2.38 bits per heavy atom. The molecule has 0 aliphatic carbocycles. The number of H-pyrrole nitrogens is 1. The summed E-state index contributed by atoms with van der Waals surface area (Å²) in [4.78, 5) is 22.6. The summed E-state index contributed by atoms with van der Waals surface area (Å²) in [5.74, 6) is -0.362. The topological polar surface area (TPSA) is 81.2 Å². The van der Waals surface area contributed by atoms with Gasteiger partial charge in [0.05, 0.1) is 24.6 Å². The van der Waals surface area contributed by atoms with E-state index in [0.29, 0.717) is 12.2 Å². The number of anilines is 1. The summed E-state index contributed by atoms with van der Waals surface area (Å²) in [7, 11) is 0. The second-order valence-corrected chi connectivity index (χ2v) is 7.70. The summed E-state index contributed by atoms with van der Waals surface area (Å²) in [6.45, 7) is 16.8. The molecule has 1 unspecified atom stereocenters. The van der Waals surface area contributed by atoms with Crippen molar-refractivity contribution in [3.8, 4) is 5.75 Å². The van der Waals surface area contributed by atoms with E-state index in [1.165, 1.54) is 12.1 Å². The lowest BCUT2D eigenvalue weighted by Gasteiger charge is -2.34. The van der Waals surface area contributed by atoms with Gasteiger partial charge < -0.3 is 15.4 Å². The lowest BCUT2D eigenvalue weighted by molar-refractivity contribution is -0.117. The van der Waals surface area contributed by atoms with Gasteiger partial charge in [-0.25, -0.2) is 9.37 Å². The quantitative estimate of drug-likeness (QED) is 0.246. The van der Waals surface area contributed by atoms with E-state index >= 15 is 0 Å². The second kappa shape index (κ2) is 17.7. The Bertz CT molecular complexity index is 1270. The third-order valence-corrected chi connectivity index (χ3v) is 5.68. The maximum atomic E-state index is 13.9. The van der Waals surface area contributed by atoms with Gasteiger partial charge in [0.2, 0.25) is 5.91 Å². The fraction of sp³-hybridized carbons (Fsp3) is 0.375. The van der Waals surface area contributed by atoms with E-state index in [1.807, 2.05) is 90.6 Å². The number of hydrogen-bond donors (Lipinski definition) is 3. The molecule has 39 heavy (non-hydrogen) atoms. The lowest BCUT2D eigenvalue weighted by atomic mass is 9.95. The molecule has 0 radical (unpaired) electrons. The van der Waals surface area contributed by atoms with Gasteiger partial charge >= 0.3 is 0 Å². The highest BCUT2D eigenvalue weighted by Gasteiger charge is 2.32. The first kappa shape index (κ1) is 33.3. The molecule has 1 atom stereocenters. The van der Waals surface area contributed by atoms with Crippen LogP contribution < -0.4 is 5.32 Å². The number of amides is 1. The van der Waals surface area contributed by atoms with E-state index < -0.39 is 0 Å². The summed E-state index contributed by atoms with van der Waals surface area (Å²) >= 11 is 0. The number of benzene rings is 3. The zero-order valence-electron chi connectivity index (χ0n) is 24.7. The number of phenols is 1. The fourth-order valence-corrected chi connectivity index (χ4v) is 4.28. The van der Waals surface area contributed by atoms with Gasteiger partial charge in [0.15, 0.2) is 0 Å². The molecular weight excluding hydrogens is 491 g/mol. The number of hydrogen-bond acceptors (Lipinski definition) is 4. The molecule has 1 aliphatic rings. The number of nitrogens with one attached hydrogen (secondary N) is 2. The maximum Gasteiger partial charge on any atom is 0.238 e. The number of fused-ring (bicyclic) bond motifs is 2. The van der Waals surface area contributed by atoms with Gasteiger partial charge in [-0.1, -0.05) is 85.7 Å². The summed E-state index contributed by atoms with van der Waals surface area (Å²) in [6, 6.07) is 16.8.